The fourth-order valence-corrected chi connectivity index (χ4v) is 3.25. The maximum atomic E-state index is 4.59. The molecule has 0 amide bonds. The molecule has 1 fully saturated rings. The number of aromatic nitrogens is 1. The molecule has 3 heteroatoms. The van der Waals surface area contributed by atoms with Gasteiger partial charge in [-0.15, -0.1) is 0 Å². The average Bonchev–Trinajstić information content (AvgIpc) is 2.30. The van der Waals surface area contributed by atoms with Gasteiger partial charge in [0.2, 0.25) is 0 Å². The Kier molecular flexibility index (Phi) is 4.99. The van der Waals surface area contributed by atoms with E-state index >= 15 is 0 Å². The molecule has 1 aliphatic rings. The van der Waals surface area contributed by atoms with Gasteiger partial charge in [-0.2, -0.15) is 0 Å². The van der Waals surface area contributed by atoms with Gasteiger partial charge < -0.3 is 0 Å². The minimum Gasteiger partial charge on any atom is -0.297 e. The lowest BCUT2D eigenvalue weighted by Crippen LogP contribution is -2.35. The molecular weight excluding hydrogens is 276 g/mol. The van der Waals surface area contributed by atoms with Gasteiger partial charge in [0.15, 0.2) is 0 Å². The van der Waals surface area contributed by atoms with Crippen LogP contribution in [0, 0.1) is 12.8 Å². The number of rotatable bonds is 4. The number of piperidine rings is 1. The largest absolute Gasteiger partial charge is 0.297 e. The highest BCUT2D eigenvalue weighted by Crippen LogP contribution is 2.21. The molecule has 2 nitrogen and oxygen atoms in total. The number of aryl methyl sites for hydroxylation is 1. The van der Waals surface area contributed by atoms with Crippen molar-refractivity contribution in [1.29, 1.82) is 0 Å². The minimum atomic E-state index is 0.868. The topological polar surface area (TPSA) is 16.1 Å². The summed E-state index contributed by atoms with van der Waals surface area (Å²) in [6.07, 6.45) is 4.03. The zero-order valence-electron chi connectivity index (χ0n) is 10.5. The van der Waals surface area contributed by atoms with Crippen LogP contribution in [-0.2, 0) is 6.54 Å². The maximum Gasteiger partial charge on any atom is 0.0547 e. The van der Waals surface area contributed by atoms with Gasteiger partial charge in [0.25, 0.3) is 0 Å². The molecule has 0 aliphatic carbocycles. The summed E-state index contributed by atoms with van der Waals surface area (Å²) in [5, 5.41) is 1.13. The number of alkyl halides is 1. The summed E-state index contributed by atoms with van der Waals surface area (Å²) in [5.74, 6) is 0.868. The van der Waals surface area contributed by atoms with E-state index in [2.05, 4.69) is 50.9 Å². The molecule has 1 aromatic rings. The normalized spacial score (nSPS) is 21.6. The van der Waals surface area contributed by atoms with E-state index in [0.717, 1.165) is 23.5 Å². The molecule has 1 aromatic heterocycles. The number of pyridine rings is 1. The Bertz CT molecular complexity index is 352. The summed E-state index contributed by atoms with van der Waals surface area (Å²) in [5.41, 5.74) is 2.33. The minimum absolute atomic E-state index is 0.868. The first-order chi connectivity index (χ1) is 8.28. The van der Waals surface area contributed by atoms with Gasteiger partial charge in [0.05, 0.1) is 5.69 Å². The molecule has 17 heavy (non-hydrogen) atoms. The Morgan fingerprint density at radius 3 is 3.12 bits per heavy atom. The van der Waals surface area contributed by atoms with Crippen molar-refractivity contribution in [2.45, 2.75) is 32.7 Å². The lowest BCUT2D eigenvalue weighted by molar-refractivity contribution is 0.164. The molecule has 1 saturated heterocycles. The smallest absolute Gasteiger partial charge is 0.0547 e. The predicted molar refractivity (Wildman–Crippen MR) is 75.4 cm³/mol. The van der Waals surface area contributed by atoms with E-state index in [1.165, 1.54) is 38.0 Å². The van der Waals surface area contributed by atoms with Crippen molar-refractivity contribution in [3.63, 3.8) is 0 Å². The molecule has 0 N–H and O–H groups in total. The molecule has 2 rings (SSSR count). The van der Waals surface area contributed by atoms with E-state index in [0.29, 0.717) is 0 Å². The van der Waals surface area contributed by atoms with Crippen LogP contribution in [0.25, 0.3) is 0 Å². The molecular formula is C14H21BrN2. The van der Waals surface area contributed by atoms with Crippen LogP contribution in [0.2, 0.25) is 0 Å². The van der Waals surface area contributed by atoms with Gasteiger partial charge in [-0.25, -0.2) is 0 Å². The first-order valence-corrected chi connectivity index (χ1v) is 7.61. The van der Waals surface area contributed by atoms with Crippen LogP contribution in [0.1, 0.15) is 30.7 Å². The van der Waals surface area contributed by atoms with E-state index < -0.39 is 0 Å². The molecule has 0 spiro atoms. The molecule has 1 unspecified atom stereocenters. The van der Waals surface area contributed by atoms with Crippen LogP contribution in [0.4, 0.5) is 0 Å². The highest BCUT2D eigenvalue weighted by Gasteiger charge is 2.19. The van der Waals surface area contributed by atoms with E-state index in [-0.39, 0.29) is 0 Å². The van der Waals surface area contributed by atoms with Gasteiger partial charge in [0, 0.05) is 24.1 Å². The third-order valence-corrected chi connectivity index (χ3v) is 3.91. The molecule has 0 saturated carbocycles. The quantitative estimate of drug-likeness (QED) is 0.792. The molecule has 0 radical (unpaired) electrons. The third-order valence-electron chi connectivity index (χ3n) is 3.45. The van der Waals surface area contributed by atoms with Crippen LogP contribution in [0.3, 0.4) is 0 Å². The summed E-state index contributed by atoms with van der Waals surface area (Å²) in [4.78, 5) is 7.14. The maximum absolute atomic E-state index is 4.59. The fraction of sp³-hybridized carbons (Fsp3) is 0.643. The first-order valence-electron chi connectivity index (χ1n) is 6.49. The summed E-state index contributed by atoms with van der Waals surface area (Å²) < 4.78 is 0. The van der Waals surface area contributed by atoms with Gasteiger partial charge in [-0.1, -0.05) is 22.0 Å². The Morgan fingerprint density at radius 2 is 2.35 bits per heavy atom. The summed E-state index contributed by atoms with van der Waals surface area (Å²) >= 11 is 3.55. The van der Waals surface area contributed by atoms with Crippen molar-refractivity contribution in [1.82, 2.24) is 9.88 Å². The van der Waals surface area contributed by atoms with E-state index in [1.807, 2.05) is 0 Å². The van der Waals surface area contributed by atoms with Crippen LogP contribution in [0.5, 0.6) is 0 Å². The number of hydrogen-bond donors (Lipinski definition) is 0. The van der Waals surface area contributed by atoms with E-state index in [9.17, 15) is 0 Å². The Labute approximate surface area is 113 Å². The number of halogens is 1. The lowest BCUT2D eigenvalue weighted by Gasteiger charge is -2.32. The molecule has 0 bridgehead atoms. The zero-order chi connectivity index (χ0) is 12.1. The second-order valence-corrected chi connectivity index (χ2v) is 5.78. The molecule has 94 valence electrons. The highest BCUT2D eigenvalue weighted by atomic mass is 79.9. The Balaban J connectivity index is 1.90. The molecule has 1 aliphatic heterocycles. The second-order valence-electron chi connectivity index (χ2n) is 4.99. The van der Waals surface area contributed by atoms with Crippen LogP contribution < -0.4 is 0 Å². The summed E-state index contributed by atoms with van der Waals surface area (Å²) in [7, 11) is 0. The Morgan fingerprint density at radius 1 is 1.47 bits per heavy atom. The SMILES string of the molecule is Cc1cccc(CN2CCCC(CCBr)C2)n1. The van der Waals surface area contributed by atoms with Crippen molar-refractivity contribution in [2.75, 3.05) is 18.4 Å². The van der Waals surface area contributed by atoms with E-state index in [4.69, 9.17) is 0 Å². The molecule has 0 aromatic carbocycles. The average molecular weight is 297 g/mol. The number of hydrogen-bond acceptors (Lipinski definition) is 2. The molecule has 2 heterocycles. The van der Waals surface area contributed by atoms with Gasteiger partial charge in [-0.3, -0.25) is 9.88 Å². The van der Waals surface area contributed by atoms with Crippen LogP contribution in [0.15, 0.2) is 18.2 Å². The Hall–Kier alpha value is -0.410. The second kappa shape index (κ2) is 6.50. The summed E-state index contributed by atoms with van der Waals surface area (Å²) in [6, 6.07) is 6.31. The fourth-order valence-electron chi connectivity index (χ4n) is 2.60. The van der Waals surface area contributed by atoms with Crippen molar-refractivity contribution in [3.8, 4) is 0 Å². The lowest BCUT2D eigenvalue weighted by atomic mass is 9.95. The highest BCUT2D eigenvalue weighted by molar-refractivity contribution is 9.09. The van der Waals surface area contributed by atoms with Crippen molar-refractivity contribution in [3.05, 3.63) is 29.6 Å². The van der Waals surface area contributed by atoms with Crippen molar-refractivity contribution in [2.24, 2.45) is 5.92 Å². The van der Waals surface area contributed by atoms with E-state index in [1.54, 1.807) is 0 Å². The first kappa shape index (κ1) is 13.0. The number of nitrogens with zero attached hydrogens (tertiary/aromatic N) is 2. The van der Waals surface area contributed by atoms with Gasteiger partial charge in [-0.05, 0) is 50.8 Å². The van der Waals surface area contributed by atoms with Crippen molar-refractivity contribution < 1.29 is 0 Å². The van der Waals surface area contributed by atoms with Crippen LogP contribution in [-0.4, -0.2) is 28.3 Å². The molecule has 1 atom stereocenters. The monoisotopic (exact) mass is 296 g/mol. The zero-order valence-corrected chi connectivity index (χ0v) is 12.1. The van der Waals surface area contributed by atoms with Crippen LogP contribution >= 0.6 is 15.9 Å². The third kappa shape index (κ3) is 4.07. The number of likely N-dealkylation sites (tertiary alicyclic amines) is 1. The van der Waals surface area contributed by atoms with Gasteiger partial charge in [0.1, 0.15) is 0 Å². The summed E-state index contributed by atoms with van der Waals surface area (Å²) in [6.45, 7) is 5.55. The standard InChI is InChI=1S/C14H21BrN2/c1-12-4-2-6-14(16-12)11-17-9-3-5-13(10-17)7-8-15/h2,4,6,13H,3,5,7-11H2,1H3. The predicted octanol–water partition coefficient (Wildman–Crippen LogP) is 3.39. The van der Waals surface area contributed by atoms with Crippen molar-refractivity contribution >= 4 is 15.9 Å². The van der Waals surface area contributed by atoms with Gasteiger partial charge >= 0.3 is 0 Å².